The van der Waals surface area contributed by atoms with Crippen molar-refractivity contribution < 1.29 is 13.9 Å². The average Bonchev–Trinajstić information content (AvgIpc) is 2.18. The second-order valence-electron chi connectivity index (χ2n) is 3.75. The van der Waals surface area contributed by atoms with Gasteiger partial charge in [-0.2, -0.15) is 0 Å². The van der Waals surface area contributed by atoms with Crippen LogP contribution in [0.15, 0.2) is 30.3 Å². The van der Waals surface area contributed by atoms with Crippen molar-refractivity contribution in [1.82, 2.24) is 0 Å². The van der Waals surface area contributed by atoms with Gasteiger partial charge in [0.15, 0.2) is 0 Å². The van der Waals surface area contributed by atoms with Crippen LogP contribution in [0.3, 0.4) is 0 Å². The first-order valence-corrected chi connectivity index (χ1v) is 6.87. The molecule has 0 fully saturated rings. The Kier molecular flexibility index (Phi) is 3.70. The van der Waals surface area contributed by atoms with Gasteiger partial charge in [0.2, 0.25) is 0 Å². The number of carbonyl (C=O) groups is 1. The normalized spacial score (nSPS) is 14.7. The molecule has 0 heterocycles. The summed E-state index contributed by atoms with van der Waals surface area (Å²) in [6.45, 7) is 4.89. The molecule has 82 valence electrons. The van der Waals surface area contributed by atoms with E-state index in [9.17, 15) is 9.36 Å². The van der Waals surface area contributed by atoms with Gasteiger partial charge in [0.1, 0.15) is 0 Å². The van der Waals surface area contributed by atoms with Gasteiger partial charge in [0.05, 0.1) is 5.92 Å². The second kappa shape index (κ2) is 4.63. The van der Waals surface area contributed by atoms with Crippen molar-refractivity contribution in [2.75, 3.05) is 6.66 Å². The summed E-state index contributed by atoms with van der Waals surface area (Å²) in [4.78, 5) is 11.3. The van der Waals surface area contributed by atoms with Crippen molar-refractivity contribution in [3.8, 4) is 0 Å². The third-order valence-electron chi connectivity index (χ3n) is 1.96. The van der Waals surface area contributed by atoms with Gasteiger partial charge in [-0.1, -0.05) is 32.0 Å². The lowest BCUT2D eigenvalue weighted by molar-refractivity contribution is -0.137. The van der Waals surface area contributed by atoms with E-state index in [1.165, 1.54) is 6.66 Å². The van der Waals surface area contributed by atoms with Crippen LogP contribution in [0.1, 0.15) is 13.8 Å². The first-order chi connectivity index (χ1) is 6.93. The van der Waals surface area contributed by atoms with E-state index >= 15 is 0 Å². The minimum Gasteiger partial charge on any atom is -0.408 e. The molecule has 0 aliphatic rings. The van der Waals surface area contributed by atoms with Crippen LogP contribution in [-0.4, -0.2) is 12.6 Å². The van der Waals surface area contributed by atoms with Gasteiger partial charge < -0.3 is 4.52 Å². The Morgan fingerprint density at radius 3 is 2.27 bits per heavy atom. The molecule has 0 spiro atoms. The van der Waals surface area contributed by atoms with Crippen molar-refractivity contribution >= 4 is 18.6 Å². The van der Waals surface area contributed by atoms with E-state index in [0.717, 1.165) is 0 Å². The quantitative estimate of drug-likeness (QED) is 0.743. The maximum atomic E-state index is 12.1. The minimum absolute atomic E-state index is 0.262. The zero-order valence-electron chi connectivity index (χ0n) is 9.14. The summed E-state index contributed by atoms with van der Waals surface area (Å²) in [7, 11) is -3.00. The fraction of sp³-hybridized carbons (Fsp3) is 0.364. The molecule has 1 unspecified atom stereocenters. The Balaban J connectivity index is 2.86. The fourth-order valence-electron chi connectivity index (χ4n) is 1.03. The molecule has 0 saturated heterocycles. The summed E-state index contributed by atoms with van der Waals surface area (Å²) in [6.07, 6.45) is 0. The molecule has 1 rings (SSSR count). The SMILES string of the molecule is CC(C)C(=O)OP(C)(=O)c1ccccc1. The monoisotopic (exact) mass is 226 g/mol. The zero-order valence-corrected chi connectivity index (χ0v) is 10.0. The van der Waals surface area contributed by atoms with Gasteiger partial charge in [-0.3, -0.25) is 9.36 Å². The average molecular weight is 226 g/mol. The van der Waals surface area contributed by atoms with E-state index in [1.807, 2.05) is 6.07 Å². The number of hydrogen-bond donors (Lipinski definition) is 0. The van der Waals surface area contributed by atoms with Gasteiger partial charge in [-0.05, 0) is 12.1 Å². The number of carbonyl (C=O) groups excluding carboxylic acids is 1. The van der Waals surface area contributed by atoms with E-state index in [2.05, 4.69) is 0 Å². The summed E-state index contributed by atoms with van der Waals surface area (Å²) in [5, 5.41) is 0.569. The molecular formula is C11H15O3P. The molecule has 15 heavy (non-hydrogen) atoms. The topological polar surface area (TPSA) is 43.4 Å². The fourth-order valence-corrected chi connectivity index (χ4v) is 2.40. The molecule has 1 aromatic carbocycles. The highest BCUT2D eigenvalue weighted by Crippen LogP contribution is 2.41. The van der Waals surface area contributed by atoms with Crippen molar-refractivity contribution in [3.63, 3.8) is 0 Å². The molecule has 3 nitrogen and oxygen atoms in total. The van der Waals surface area contributed by atoms with Crippen LogP contribution in [-0.2, 0) is 13.9 Å². The standard InChI is InChI=1S/C11H15O3P/c1-9(2)11(12)14-15(3,13)10-7-5-4-6-8-10/h4-9H,1-3H3. The van der Waals surface area contributed by atoms with E-state index in [4.69, 9.17) is 4.52 Å². The summed E-state index contributed by atoms with van der Waals surface area (Å²) in [5.74, 6) is -0.688. The van der Waals surface area contributed by atoms with Crippen molar-refractivity contribution in [1.29, 1.82) is 0 Å². The van der Waals surface area contributed by atoms with Crippen LogP contribution < -0.4 is 5.30 Å². The first-order valence-electron chi connectivity index (χ1n) is 4.80. The Morgan fingerprint density at radius 2 is 1.80 bits per heavy atom. The Hall–Kier alpha value is -1.08. The smallest absolute Gasteiger partial charge is 0.313 e. The van der Waals surface area contributed by atoms with E-state index in [1.54, 1.807) is 38.1 Å². The maximum Gasteiger partial charge on any atom is 0.313 e. The summed E-state index contributed by atoms with van der Waals surface area (Å²) in [5.41, 5.74) is 0. The van der Waals surface area contributed by atoms with Gasteiger partial charge in [-0.25, -0.2) is 0 Å². The van der Waals surface area contributed by atoms with Crippen LogP contribution in [0.5, 0.6) is 0 Å². The van der Waals surface area contributed by atoms with Crippen LogP contribution in [0, 0.1) is 5.92 Å². The Labute approximate surface area is 89.9 Å². The lowest BCUT2D eigenvalue weighted by Gasteiger charge is -2.15. The molecule has 0 saturated carbocycles. The molecule has 0 amide bonds. The van der Waals surface area contributed by atoms with E-state index < -0.39 is 13.3 Å². The van der Waals surface area contributed by atoms with Crippen molar-refractivity contribution in [3.05, 3.63) is 30.3 Å². The van der Waals surface area contributed by atoms with Gasteiger partial charge in [0.25, 0.3) is 7.37 Å². The Bertz CT molecular complexity index is 384. The van der Waals surface area contributed by atoms with Gasteiger partial charge >= 0.3 is 5.97 Å². The van der Waals surface area contributed by atoms with Crippen molar-refractivity contribution in [2.45, 2.75) is 13.8 Å². The van der Waals surface area contributed by atoms with E-state index in [0.29, 0.717) is 5.30 Å². The number of benzene rings is 1. The molecule has 0 N–H and O–H groups in total. The molecule has 0 aliphatic carbocycles. The second-order valence-corrected chi connectivity index (χ2v) is 6.14. The summed E-state index contributed by atoms with van der Waals surface area (Å²) >= 11 is 0. The van der Waals surface area contributed by atoms with Gasteiger partial charge in [0, 0.05) is 12.0 Å². The maximum absolute atomic E-state index is 12.1. The molecule has 1 aromatic rings. The lowest BCUT2D eigenvalue weighted by atomic mass is 10.2. The minimum atomic E-state index is -3.00. The molecule has 0 aliphatic heterocycles. The molecule has 0 radical (unpaired) electrons. The van der Waals surface area contributed by atoms with Crippen LogP contribution in [0.2, 0.25) is 0 Å². The molecule has 4 heteroatoms. The third-order valence-corrected chi connectivity index (χ3v) is 3.73. The summed E-state index contributed by atoms with van der Waals surface area (Å²) < 4.78 is 17.1. The first kappa shape index (κ1) is 12.0. The molecule has 0 aromatic heterocycles. The van der Waals surface area contributed by atoms with Crippen LogP contribution in [0.25, 0.3) is 0 Å². The highest BCUT2D eigenvalue weighted by atomic mass is 31.2. The van der Waals surface area contributed by atoms with Crippen LogP contribution in [0.4, 0.5) is 0 Å². The highest BCUT2D eigenvalue weighted by Gasteiger charge is 2.24. The zero-order chi connectivity index (χ0) is 11.5. The van der Waals surface area contributed by atoms with Crippen molar-refractivity contribution in [2.24, 2.45) is 5.92 Å². The predicted octanol–water partition coefficient (Wildman–Crippen LogP) is 2.42. The van der Waals surface area contributed by atoms with Gasteiger partial charge in [-0.15, -0.1) is 0 Å². The lowest BCUT2D eigenvalue weighted by Crippen LogP contribution is -2.14. The predicted molar refractivity (Wildman–Crippen MR) is 60.5 cm³/mol. The Morgan fingerprint density at radius 1 is 1.27 bits per heavy atom. The largest absolute Gasteiger partial charge is 0.408 e. The van der Waals surface area contributed by atoms with Crippen LogP contribution >= 0.6 is 7.37 Å². The summed E-state index contributed by atoms with van der Waals surface area (Å²) in [6, 6.07) is 8.78. The molecular weight excluding hydrogens is 211 g/mol. The number of rotatable bonds is 3. The molecule has 1 atom stereocenters. The highest BCUT2D eigenvalue weighted by molar-refractivity contribution is 7.66. The molecule has 0 bridgehead atoms. The number of hydrogen-bond acceptors (Lipinski definition) is 3. The van der Waals surface area contributed by atoms with E-state index in [-0.39, 0.29) is 5.92 Å². The third kappa shape index (κ3) is 3.21.